The van der Waals surface area contributed by atoms with E-state index in [0.717, 1.165) is 29.7 Å². The first-order chi connectivity index (χ1) is 9.66. The van der Waals surface area contributed by atoms with Crippen molar-refractivity contribution in [2.24, 2.45) is 0 Å². The second kappa shape index (κ2) is 7.17. The van der Waals surface area contributed by atoms with Gasteiger partial charge in [-0.05, 0) is 48.7 Å². The number of rotatable bonds is 6. The molecule has 0 fully saturated rings. The molecule has 20 heavy (non-hydrogen) atoms. The van der Waals surface area contributed by atoms with Crippen LogP contribution in [0.25, 0.3) is 0 Å². The van der Waals surface area contributed by atoms with Gasteiger partial charge < -0.3 is 10.4 Å². The maximum Gasteiger partial charge on any atom is 0.123 e. The van der Waals surface area contributed by atoms with E-state index in [2.05, 4.69) is 5.32 Å². The van der Waals surface area contributed by atoms with E-state index >= 15 is 0 Å². The zero-order valence-corrected chi connectivity index (χ0v) is 11.6. The molecule has 0 heterocycles. The van der Waals surface area contributed by atoms with Gasteiger partial charge in [0, 0.05) is 6.54 Å². The molecule has 2 aromatic carbocycles. The van der Waals surface area contributed by atoms with Crippen LogP contribution in [-0.4, -0.2) is 18.2 Å². The molecule has 0 saturated heterocycles. The summed E-state index contributed by atoms with van der Waals surface area (Å²) < 4.78 is 13.0. The highest BCUT2D eigenvalue weighted by Gasteiger charge is 2.06. The molecule has 0 radical (unpaired) electrons. The van der Waals surface area contributed by atoms with Crippen LogP contribution in [0.2, 0.25) is 0 Å². The summed E-state index contributed by atoms with van der Waals surface area (Å²) in [4.78, 5) is 0. The smallest absolute Gasteiger partial charge is 0.123 e. The molecule has 0 amide bonds. The van der Waals surface area contributed by atoms with Gasteiger partial charge in [0.1, 0.15) is 5.82 Å². The van der Waals surface area contributed by atoms with E-state index in [1.807, 2.05) is 43.3 Å². The Balaban J connectivity index is 1.76. The maximum atomic E-state index is 13.0. The first-order valence-corrected chi connectivity index (χ1v) is 6.85. The number of nitrogens with one attached hydrogen (secondary N) is 1. The molecule has 0 aliphatic heterocycles. The van der Waals surface area contributed by atoms with Crippen LogP contribution in [0.15, 0.2) is 48.5 Å². The monoisotopic (exact) mass is 273 g/mol. The molecule has 2 rings (SSSR count). The molecule has 0 spiro atoms. The standard InChI is InChI=1S/C17H20FNO/c1-13-11-16(18)8-7-14(13)9-10-19-12-17(20)15-5-3-2-4-6-15/h2-8,11,17,19-20H,9-10,12H2,1H3. The summed E-state index contributed by atoms with van der Waals surface area (Å²) >= 11 is 0. The van der Waals surface area contributed by atoms with Crippen LogP contribution in [0.4, 0.5) is 4.39 Å². The minimum atomic E-state index is -0.495. The number of aryl methyl sites for hydroxylation is 1. The van der Waals surface area contributed by atoms with Gasteiger partial charge in [0.15, 0.2) is 0 Å². The van der Waals surface area contributed by atoms with Crippen molar-refractivity contribution in [2.75, 3.05) is 13.1 Å². The van der Waals surface area contributed by atoms with Crippen molar-refractivity contribution in [3.63, 3.8) is 0 Å². The van der Waals surface area contributed by atoms with Crippen molar-refractivity contribution in [1.82, 2.24) is 5.32 Å². The fourth-order valence-electron chi connectivity index (χ4n) is 2.19. The lowest BCUT2D eigenvalue weighted by Gasteiger charge is -2.12. The lowest BCUT2D eigenvalue weighted by molar-refractivity contribution is 0.175. The Hall–Kier alpha value is -1.71. The van der Waals surface area contributed by atoms with Crippen LogP contribution >= 0.6 is 0 Å². The summed E-state index contributed by atoms with van der Waals surface area (Å²) in [7, 11) is 0. The summed E-state index contributed by atoms with van der Waals surface area (Å²) in [6, 6.07) is 14.4. The second-order valence-corrected chi connectivity index (χ2v) is 4.95. The average molecular weight is 273 g/mol. The SMILES string of the molecule is Cc1cc(F)ccc1CCNCC(O)c1ccccc1. The molecule has 2 aromatic rings. The first-order valence-electron chi connectivity index (χ1n) is 6.85. The van der Waals surface area contributed by atoms with Crippen molar-refractivity contribution in [1.29, 1.82) is 0 Å². The Morgan fingerprint density at radius 2 is 1.90 bits per heavy atom. The van der Waals surface area contributed by atoms with Crippen molar-refractivity contribution < 1.29 is 9.50 Å². The van der Waals surface area contributed by atoms with E-state index in [0.29, 0.717) is 6.54 Å². The fraction of sp³-hybridized carbons (Fsp3) is 0.294. The number of benzene rings is 2. The maximum absolute atomic E-state index is 13.0. The summed E-state index contributed by atoms with van der Waals surface area (Å²) in [5.74, 6) is -0.196. The van der Waals surface area contributed by atoms with Crippen LogP contribution in [-0.2, 0) is 6.42 Å². The minimum Gasteiger partial charge on any atom is -0.387 e. The van der Waals surface area contributed by atoms with Crippen LogP contribution in [0.5, 0.6) is 0 Å². The molecule has 1 unspecified atom stereocenters. The molecule has 106 valence electrons. The summed E-state index contributed by atoms with van der Waals surface area (Å²) in [6.07, 6.45) is 0.332. The van der Waals surface area contributed by atoms with E-state index in [1.54, 1.807) is 6.07 Å². The van der Waals surface area contributed by atoms with Gasteiger partial charge in [0.05, 0.1) is 6.10 Å². The third-order valence-electron chi connectivity index (χ3n) is 3.40. The molecule has 0 aromatic heterocycles. The number of hydrogen-bond donors (Lipinski definition) is 2. The zero-order valence-electron chi connectivity index (χ0n) is 11.6. The Morgan fingerprint density at radius 1 is 1.15 bits per heavy atom. The molecule has 2 nitrogen and oxygen atoms in total. The van der Waals surface area contributed by atoms with Gasteiger partial charge in [0.2, 0.25) is 0 Å². The van der Waals surface area contributed by atoms with Gasteiger partial charge in [-0.3, -0.25) is 0 Å². The molecule has 0 bridgehead atoms. The van der Waals surface area contributed by atoms with Gasteiger partial charge >= 0.3 is 0 Å². The van der Waals surface area contributed by atoms with Gasteiger partial charge in [0.25, 0.3) is 0 Å². The molecule has 0 saturated carbocycles. The molecule has 0 aliphatic carbocycles. The van der Waals surface area contributed by atoms with Crippen LogP contribution < -0.4 is 5.32 Å². The van der Waals surface area contributed by atoms with Gasteiger partial charge in [-0.2, -0.15) is 0 Å². The number of halogens is 1. The van der Waals surface area contributed by atoms with Crippen LogP contribution in [0.1, 0.15) is 22.8 Å². The summed E-state index contributed by atoms with van der Waals surface area (Å²) in [5, 5.41) is 13.2. The van der Waals surface area contributed by atoms with Crippen molar-refractivity contribution in [3.05, 3.63) is 71.0 Å². The molecular weight excluding hydrogens is 253 g/mol. The predicted molar refractivity (Wildman–Crippen MR) is 79.1 cm³/mol. The fourth-order valence-corrected chi connectivity index (χ4v) is 2.19. The molecule has 0 aliphatic rings. The quantitative estimate of drug-likeness (QED) is 0.793. The van der Waals surface area contributed by atoms with E-state index in [-0.39, 0.29) is 5.82 Å². The normalized spacial score (nSPS) is 12.3. The topological polar surface area (TPSA) is 32.3 Å². The number of aliphatic hydroxyl groups is 1. The third kappa shape index (κ3) is 4.15. The Labute approximate surface area is 119 Å². The van der Waals surface area contributed by atoms with E-state index in [9.17, 15) is 9.50 Å². The Morgan fingerprint density at radius 3 is 2.60 bits per heavy atom. The van der Waals surface area contributed by atoms with Crippen LogP contribution in [0, 0.1) is 12.7 Å². The molecule has 1 atom stereocenters. The van der Waals surface area contributed by atoms with Gasteiger partial charge in [-0.25, -0.2) is 4.39 Å². The highest BCUT2D eigenvalue weighted by Crippen LogP contribution is 2.12. The summed E-state index contributed by atoms with van der Waals surface area (Å²) in [5.41, 5.74) is 3.02. The van der Waals surface area contributed by atoms with Gasteiger partial charge in [-0.1, -0.05) is 36.4 Å². The predicted octanol–water partition coefficient (Wildman–Crippen LogP) is 3.00. The number of aliphatic hydroxyl groups excluding tert-OH is 1. The third-order valence-corrected chi connectivity index (χ3v) is 3.40. The number of hydrogen-bond acceptors (Lipinski definition) is 2. The highest BCUT2D eigenvalue weighted by molar-refractivity contribution is 5.26. The molecule has 2 N–H and O–H groups in total. The second-order valence-electron chi connectivity index (χ2n) is 4.95. The lowest BCUT2D eigenvalue weighted by atomic mass is 10.1. The van der Waals surface area contributed by atoms with Gasteiger partial charge in [-0.15, -0.1) is 0 Å². The lowest BCUT2D eigenvalue weighted by Crippen LogP contribution is -2.23. The Kier molecular flexibility index (Phi) is 5.27. The zero-order chi connectivity index (χ0) is 14.4. The summed E-state index contributed by atoms with van der Waals surface area (Å²) in [6.45, 7) is 3.19. The van der Waals surface area contributed by atoms with E-state index < -0.39 is 6.10 Å². The average Bonchev–Trinajstić information content (AvgIpc) is 2.46. The van der Waals surface area contributed by atoms with Crippen molar-refractivity contribution in [2.45, 2.75) is 19.4 Å². The van der Waals surface area contributed by atoms with Crippen molar-refractivity contribution in [3.8, 4) is 0 Å². The van der Waals surface area contributed by atoms with Crippen LogP contribution in [0.3, 0.4) is 0 Å². The van der Waals surface area contributed by atoms with Crippen molar-refractivity contribution >= 4 is 0 Å². The molecule has 3 heteroatoms. The molecular formula is C17H20FNO. The highest BCUT2D eigenvalue weighted by atomic mass is 19.1. The largest absolute Gasteiger partial charge is 0.387 e. The minimum absolute atomic E-state index is 0.196. The van der Waals surface area contributed by atoms with E-state index in [1.165, 1.54) is 6.07 Å². The van der Waals surface area contributed by atoms with E-state index in [4.69, 9.17) is 0 Å². The Bertz CT molecular complexity index is 542. The first kappa shape index (κ1) is 14.7.